The summed E-state index contributed by atoms with van der Waals surface area (Å²) in [6, 6.07) is 22.2. The fraction of sp³-hybridized carbons (Fsp3) is 0.240. The van der Waals surface area contributed by atoms with Crippen molar-refractivity contribution in [3.63, 3.8) is 0 Å². The molecule has 5 rings (SSSR count). The lowest BCUT2D eigenvalue weighted by molar-refractivity contribution is -0.0205. The van der Waals surface area contributed by atoms with Crippen molar-refractivity contribution in [2.24, 2.45) is 5.10 Å². The van der Waals surface area contributed by atoms with Crippen LogP contribution in [0.4, 0.5) is 0 Å². The number of benzene rings is 3. The Morgan fingerprint density at radius 1 is 0.806 bits per heavy atom. The molecule has 0 spiro atoms. The molecule has 158 valence electrons. The predicted octanol–water partition coefficient (Wildman–Crippen LogP) is 4.95. The molecule has 2 unspecified atom stereocenters. The highest BCUT2D eigenvalue weighted by Crippen LogP contribution is 2.50. The van der Waals surface area contributed by atoms with Gasteiger partial charge in [0.15, 0.2) is 11.5 Å². The summed E-state index contributed by atoms with van der Waals surface area (Å²) < 4.78 is 23.2. The molecule has 2 atom stereocenters. The quantitative estimate of drug-likeness (QED) is 0.589. The maximum atomic E-state index is 6.47. The van der Waals surface area contributed by atoms with Gasteiger partial charge < -0.3 is 18.9 Å². The van der Waals surface area contributed by atoms with Crippen molar-refractivity contribution in [1.29, 1.82) is 0 Å². The zero-order valence-corrected chi connectivity index (χ0v) is 17.7. The topological polar surface area (TPSA) is 52.5 Å². The highest BCUT2D eigenvalue weighted by molar-refractivity contribution is 6.01. The predicted molar refractivity (Wildman–Crippen MR) is 118 cm³/mol. The SMILES string of the molecule is COc1cc(OC)c(C2Oc3ccccc3C3CC(c4ccccc4)=NN32)cc1OC. The summed E-state index contributed by atoms with van der Waals surface area (Å²) in [6.45, 7) is 0. The van der Waals surface area contributed by atoms with Crippen LogP contribution < -0.4 is 18.9 Å². The summed E-state index contributed by atoms with van der Waals surface area (Å²) >= 11 is 0. The van der Waals surface area contributed by atoms with Crippen molar-refractivity contribution in [3.05, 3.63) is 83.4 Å². The molecule has 2 aliphatic rings. The van der Waals surface area contributed by atoms with E-state index in [0.717, 1.165) is 34.6 Å². The van der Waals surface area contributed by atoms with Crippen molar-refractivity contribution >= 4 is 5.71 Å². The summed E-state index contributed by atoms with van der Waals surface area (Å²) in [5, 5.41) is 7.04. The van der Waals surface area contributed by atoms with E-state index in [1.54, 1.807) is 21.3 Å². The van der Waals surface area contributed by atoms with Gasteiger partial charge in [-0.15, -0.1) is 0 Å². The second-order valence-corrected chi connectivity index (χ2v) is 7.47. The van der Waals surface area contributed by atoms with Crippen LogP contribution in [0.3, 0.4) is 0 Å². The number of fused-ring (bicyclic) bond motifs is 3. The Kier molecular flexibility index (Phi) is 4.90. The minimum Gasteiger partial charge on any atom is -0.496 e. The Labute approximate surface area is 181 Å². The standard InChI is InChI=1S/C25H24N2O4/c1-28-22-15-24(30-3)23(29-2)13-18(22)25-27-20(17-11-7-8-12-21(17)31-25)14-19(26-27)16-9-5-4-6-10-16/h4-13,15,20,25H,14H2,1-3H3. The van der Waals surface area contributed by atoms with E-state index in [1.807, 2.05) is 53.5 Å². The van der Waals surface area contributed by atoms with Crippen LogP contribution in [0.5, 0.6) is 23.0 Å². The highest BCUT2D eigenvalue weighted by atomic mass is 16.5. The van der Waals surface area contributed by atoms with Gasteiger partial charge in [-0.05, 0) is 17.7 Å². The van der Waals surface area contributed by atoms with Crippen LogP contribution in [-0.2, 0) is 0 Å². The minimum atomic E-state index is -0.462. The van der Waals surface area contributed by atoms with E-state index in [1.165, 1.54) is 0 Å². The number of hydrogen-bond acceptors (Lipinski definition) is 6. The van der Waals surface area contributed by atoms with Crippen molar-refractivity contribution in [3.8, 4) is 23.0 Å². The fourth-order valence-corrected chi connectivity index (χ4v) is 4.29. The number of methoxy groups -OCH3 is 3. The van der Waals surface area contributed by atoms with E-state index >= 15 is 0 Å². The lowest BCUT2D eigenvalue weighted by Crippen LogP contribution is -2.34. The molecule has 2 aliphatic heterocycles. The van der Waals surface area contributed by atoms with E-state index in [0.29, 0.717) is 17.2 Å². The van der Waals surface area contributed by atoms with Gasteiger partial charge in [0.1, 0.15) is 11.5 Å². The zero-order valence-electron chi connectivity index (χ0n) is 17.7. The first kappa shape index (κ1) is 19.3. The van der Waals surface area contributed by atoms with Gasteiger partial charge in [0.05, 0.1) is 38.6 Å². The first-order chi connectivity index (χ1) is 15.2. The van der Waals surface area contributed by atoms with Crippen molar-refractivity contribution in [2.75, 3.05) is 21.3 Å². The Balaban J connectivity index is 1.64. The number of rotatable bonds is 5. The molecule has 0 saturated heterocycles. The monoisotopic (exact) mass is 416 g/mol. The second-order valence-electron chi connectivity index (χ2n) is 7.47. The molecule has 0 fully saturated rings. The van der Waals surface area contributed by atoms with E-state index in [-0.39, 0.29) is 6.04 Å². The third kappa shape index (κ3) is 3.24. The molecule has 0 aliphatic carbocycles. The van der Waals surface area contributed by atoms with Gasteiger partial charge in [0.25, 0.3) is 0 Å². The van der Waals surface area contributed by atoms with Crippen LogP contribution in [0.25, 0.3) is 0 Å². The van der Waals surface area contributed by atoms with Crippen LogP contribution in [0, 0.1) is 0 Å². The molecule has 0 saturated carbocycles. The number of hydrogen-bond donors (Lipinski definition) is 0. The van der Waals surface area contributed by atoms with Crippen LogP contribution in [0.1, 0.15) is 35.4 Å². The van der Waals surface area contributed by atoms with Gasteiger partial charge in [0.2, 0.25) is 6.23 Å². The zero-order chi connectivity index (χ0) is 21.4. The van der Waals surface area contributed by atoms with Crippen molar-refractivity contribution in [1.82, 2.24) is 5.01 Å². The van der Waals surface area contributed by atoms with Crippen molar-refractivity contribution < 1.29 is 18.9 Å². The number of ether oxygens (including phenoxy) is 4. The molecule has 0 amide bonds. The van der Waals surface area contributed by atoms with Crippen LogP contribution in [0.2, 0.25) is 0 Å². The lowest BCUT2D eigenvalue weighted by Gasteiger charge is -2.38. The van der Waals surface area contributed by atoms with Gasteiger partial charge in [0, 0.05) is 18.1 Å². The molecule has 31 heavy (non-hydrogen) atoms. The molecule has 0 radical (unpaired) electrons. The Morgan fingerprint density at radius 3 is 2.23 bits per heavy atom. The molecule has 0 N–H and O–H groups in total. The molecular weight excluding hydrogens is 392 g/mol. The van der Waals surface area contributed by atoms with Gasteiger partial charge in [-0.1, -0.05) is 48.5 Å². The van der Waals surface area contributed by atoms with Crippen LogP contribution in [0.15, 0.2) is 71.8 Å². The average molecular weight is 416 g/mol. The third-order valence-corrected chi connectivity index (χ3v) is 5.81. The van der Waals surface area contributed by atoms with Gasteiger partial charge in [-0.3, -0.25) is 0 Å². The summed E-state index contributed by atoms with van der Waals surface area (Å²) in [6.07, 6.45) is 0.340. The normalized spacial score (nSPS) is 19.1. The minimum absolute atomic E-state index is 0.0722. The molecule has 6 heteroatoms. The maximum Gasteiger partial charge on any atom is 0.217 e. The van der Waals surface area contributed by atoms with Crippen LogP contribution in [-0.4, -0.2) is 32.0 Å². The first-order valence-electron chi connectivity index (χ1n) is 10.2. The van der Waals surface area contributed by atoms with E-state index < -0.39 is 6.23 Å². The van der Waals surface area contributed by atoms with Crippen LogP contribution >= 0.6 is 0 Å². The number of hydrazone groups is 1. The number of para-hydroxylation sites is 1. The maximum absolute atomic E-state index is 6.47. The summed E-state index contributed by atoms with van der Waals surface area (Å²) in [5.74, 6) is 2.73. The molecule has 0 aromatic heterocycles. The van der Waals surface area contributed by atoms with Gasteiger partial charge in [-0.25, -0.2) is 5.01 Å². The fourth-order valence-electron chi connectivity index (χ4n) is 4.29. The molecule has 6 nitrogen and oxygen atoms in total. The Hall–Kier alpha value is -3.67. The molecule has 0 bridgehead atoms. The molecule has 2 heterocycles. The average Bonchev–Trinajstić information content (AvgIpc) is 3.29. The van der Waals surface area contributed by atoms with Gasteiger partial charge >= 0.3 is 0 Å². The van der Waals surface area contributed by atoms with E-state index in [9.17, 15) is 0 Å². The Morgan fingerprint density at radius 2 is 1.48 bits per heavy atom. The molecule has 3 aromatic carbocycles. The lowest BCUT2D eigenvalue weighted by atomic mass is 9.96. The first-order valence-corrected chi connectivity index (χ1v) is 10.2. The van der Waals surface area contributed by atoms with E-state index in [4.69, 9.17) is 24.0 Å². The van der Waals surface area contributed by atoms with Crippen molar-refractivity contribution in [2.45, 2.75) is 18.7 Å². The third-order valence-electron chi connectivity index (χ3n) is 5.81. The molecule has 3 aromatic rings. The van der Waals surface area contributed by atoms with E-state index in [2.05, 4.69) is 18.2 Å². The Bertz CT molecular complexity index is 1130. The summed E-state index contributed by atoms with van der Waals surface area (Å²) in [7, 11) is 4.87. The smallest absolute Gasteiger partial charge is 0.217 e. The molecular formula is C25H24N2O4. The summed E-state index contributed by atoms with van der Waals surface area (Å²) in [5.41, 5.74) is 4.12. The summed E-state index contributed by atoms with van der Waals surface area (Å²) in [4.78, 5) is 0. The van der Waals surface area contributed by atoms with Gasteiger partial charge in [-0.2, -0.15) is 5.10 Å². The highest BCUT2D eigenvalue weighted by Gasteiger charge is 2.42. The largest absolute Gasteiger partial charge is 0.496 e. The number of nitrogens with zero attached hydrogens (tertiary/aromatic N) is 2. The second kappa shape index (κ2) is 7.87.